The maximum atomic E-state index is 13.5. The maximum absolute atomic E-state index is 13.5. The normalized spacial score (nSPS) is 15.2. The summed E-state index contributed by atoms with van der Waals surface area (Å²) in [5.74, 6) is 5.59. The zero-order valence-corrected chi connectivity index (χ0v) is 21.4. The highest BCUT2D eigenvalue weighted by Crippen LogP contribution is 2.27. The van der Waals surface area contributed by atoms with E-state index in [-0.39, 0.29) is 11.8 Å². The Morgan fingerprint density at radius 1 is 0.973 bits per heavy atom. The predicted octanol–water partition coefficient (Wildman–Crippen LogP) is 3.49. The number of aromatic nitrogens is 2. The van der Waals surface area contributed by atoms with Crippen LogP contribution in [-0.4, -0.2) is 61.7 Å². The quantitative estimate of drug-likeness (QED) is 0.561. The lowest BCUT2D eigenvalue weighted by Gasteiger charge is -2.28. The van der Waals surface area contributed by atoms with Crippen molar-refractivity contribution in [1.82, 2.24) is 19.6 Å². The minimum Gasteiger partial charge on any atom is -0.378 e. The molecule has 0 unspecified atom stereocenters. The molecule has 1 fully saturated rings. The van der Waals surface area contributed by atoms with Crippen LogP contribution in [0.15, 0.2) is 54.6 Å². The van der Waals surface area contributed by atoms with Gasteiger partial charge in [-0.1, -0.05) is 48.2 Å². The van der Waals surface area contributed by atoms with Crippen molar-refractivity contribution in [3.8, 4) is 11.8 Å². The van der Waals surface area contributed by atoms with Gasteiger partial charge in [0.05, 0.1) is 13.1 Å². The first kappa shape index (κ1) is 24.8. The molecule has 1 aromatic heterocycles. The van der Waals surface area contributed by atoms with E-state index in [1.807, 2.05) is 33.8 Å². The Morgan fingerprint density at radius 2 is 1.73 bits per heavy atom. The van der Waals surface area contributed by atoms with Crippen LogP contribution in [0.5, 0.6) is 0 Å². The van der Waals surface area contributed by atoms with Gasteiger partial charge in [-0.15, -0.1) is 0 Å². The average Bonchev–Trinajstić information content (AvgIpc) is 3.56. The van der Waals surface area contributed by atoms with Gasteiger partial charge >= 0.3 is 0 Å². The van der Waals surface area contributed by atoms with Crippen molar-refractivity contribution in [2.24, 2.45) is 0 Å². The minimum absolute atomic E-state index is 0.0428. The van der Waals surface area contributed by atoms with Crippen LogP contribution in [0.4, 0.5) is 0 Å². The van der Waals surface area contributed by atoms with Gasteiger partial charge in [0.15, 0.2) is 5.69 Å². The smallest absolute Gasteiger partial charge is 0.274 e. The van der Waals surface area contributed by atoms with Crippen LogP contribution in [0.1, 0.15) is 69.9 Å². The molecule has 7 heteroatoms. The molecule has 0 atom stereocenters. The standard InChI is InChI=1S/C30H32N4O3/c1-30(2,37)15-13-22-11-8-12-24(19-22)28(35)33-18-14-26-25(21-33)27(29(36)32-16-6-7-17-32)31-34(26)20-23-9-4-3-5-10-23/h3-5,8-12,19,37H,6-7,14,16-18,20-21H2,1-2H3. The summed E-state index contributed by atoms with van der Waals surface area (Å²) in [4.78, 5) is 30.6. The van der Waals surface area contributed by atoms with E-state index in [9.17, 15) is 14.7 Å². The van der Waals surface area contributed by atoms with Crippen LogP contribution < -0.4 is 0 Å². The Labute approximate surface area is 217 Å². The summed E-state index contributed by atoms with van der Waals surface area (Å²) in [6, 6.07) is 17.3. The van der Waals surface area contributed by atoms with Crippen LogP contribution in [0.25, 0.3) is 0 Å². The molecule has 0 radical (unpaired) electrons. The molecule has 0 saturated carbocycles. The Hall–Kier alpha value is -3.89. The zero-order chi connectivity index (χ0) is 26.0. The first-order valence-electron chi connectivity index (χ1n) is 12.9. The van der Waals surface area contributed by atoms with E-state index < -0.39 is 5.60 Å². The fraction of sp³-hybridized carbons (Fsp3) is 0.367. The first-order valence-corrected chi connectivity index (χ1v) is 12.9. The Balaban J connectivity index is 1.43. The van der Waals surface area contributed by atoms with E-state index in [0.29, 0.717) is 42.9 Å². The number of carbonyl (C=O) groups excluding carboxylic acids is 2. The van der Waals surface area contributed by atoms with Gasteiger partial charge in [0.2, 0.25) is 0 Å². The Kier molecular flexibility index (Phi) is 6.86. The molecular formula is C30H32N4O3. The molecule has 0 spiro atoms. The van der Waals surface area contributed by atoms with Crippen LogP contribution in [0.2, 0.25) is 0 Å². The summed E-state index contributed by atoms with van der Waals surface area (Å²) >= 11 is 0. The largest absolute Gasteiger partial charge is 0.378 e. The van der Waals surface area contributed by atoms with Gasteiger partial charge in [-0.25, -0.2) is 0 Å². The summed E-state index contributed by atoms with van der Waals surface area (Å²) in [5, 5.41) is 14.7. The number of likely N-dealkylation sites (tertiary alicyclic amines) is 1. The van der Waals surface area contributed by atoms with E-state index in [0.717, 1.165) is 42.8 Å². The van der Waals surface area contributed by atoms with Gasteiger partial charge in [0.1, 0.15) is 5.60 Å². The second-order valence-corrected chi connectivity index (χ2v) is 10.3. The van der Waals surface area contributed by atoms with Crippen molar-refractivity contribution in [1.29, 1.82) is 0 Å². The zero-order valence-electron chi connectivity index (χ0n) is 21.4. The molecule has 2 aliphatic rings. The second kappa shape index (κ2) is 10.2. The van der Waals surface area contributed by atoms with E-state index in [4.69, 9.17) is 5.10 Å². The van der Waals surface area contributed by atoms with E-state index in [1.165, 1.54) is 0 Å². The second-order valence-electron chi connectivity index (χ2n) is 10.3. The van der Waals surface area contributed by atoms with Gasteiger partial charge in [-0.05, 0) is 50.5 Å². The minimum atomic E-state index is -1.11. The fourth-order valence-corrected chi connectivity index (χ4v) is 4.93. The van der Waals surface area contributed by atoms with Gasteiger partial charge in [-0.2, -0.15) is 5.10 Å². The molecular weight excluding hydrogens is 464 g/mol. The number of hydrogen-bond donors (Lipinski definition) is 1. The van der Waals surface area contributed by atoms with Crippen molar-refractivity contribution in [2.45, 2.75) is 51.8 Å². The third-order valence-electron chi connectivity index (χ3n) is 6.81. The predicted molar refractivity (Wildman–Crippen MR) is 141 cm³/mol. The number of amides is 2. The molecule has 7 nitrogen and oxygen atoms in total. The van der Waals surface area contributed by atoms with Crippen molar-refractivity contribution in [3.05, 3.63) is 88.2 Å². The van der Waals surface area contributed by atoms with Crippen molar-refractivity contribution < 1.29 is 14.7 Å². The molecule has 2 aliphatic heterocycles. The molecule has 0 bridgehead atoms. The van der Waals surface area contributed by atoms with E-state index in [1.54, 1.807) is 36.9 Å². The number of hydrogen-bond acceptors (Lipinski definition) is 4. The molecule has 3 aromatic rings. The van der Waals surface area contributed by atoms with E-state index in [2.05, 4.69) is 24.0 Å². The monoisotopic (exact) mass is 496 g/mol. The van der Waals surface area contributed by atoms with Gasteiger partial charge in [0, 0.05) is 48.4 Å². The number of nitrogens with zero attached hydrogens (tertiary/aromatic N) is 4. The molecule has 2 amide bonds. The lowest BCUT2D eigenvalue weighted by molar-refractivity contribution is 0.0722. The summed E-state index contributed by atoms with van der Waals surface area (Å²) in [6.07, 6.45) is 2.65. The fourth-order valence-electron chi connectivity index (χ4n) is 4.93. The number of rotatable bonds is 4. The topological polar surface area (TPSA) is 78.7 Å². The SMILES string of the molecule is CC(C)(O)C#Cc1cccc(C(=O)N2CCc3c(c(C(=O)N4CCCC4)nn3Cc3ccccc3)C2)c1. The molecule has 190 valence electrons. The molecule has 3 heterocycles. The maximum Gasteiger partial charge on any atom is 0.274 e. The van der Waals surface area contributed by atoms with Crippen LogP contribution in [0.3, 0.4) is 0 Å². The van der Waals surface area contributed by atoms with Crippen LogP contribution in [0, 0.1) is 11.8 Å². The number of carbonyl (C=O) groups is 2. The van der Waals surface area contributed by atoms with Gasteiger partial charge in [0.25, 0.3) is 11.8 Å². The third-order valence-corrected chi connectivity index (χ3v) is 6.81. The highest BCUT2D eigenvalue weighted by molar-refractivity contribution is 5.96. The van der Waals surface area contributed by atoms with Gasteiger partial charge in [-0.3, -0.25) is 14.3 Å². The molecule has 1 N–H and O–H groups in total. The van der Waals surface area contributed by atoms with Crippen molar-refractivity contribution in [2.75, 3.05) is 19.6 Å². The van der Waals surface area contributed by atoms with Crippen LogP contribution >= 0.6 is 0 Å². The highest BCUT2D eigenvalue weighted by atomic mass is 16.3. The highest BCUT2D eigenvalue weighted by Gasteiger charge is 2.33. The third kappa shape index (κ3) is 5.60. The van der Waals surface area contributed by atoms with Gasteiger partial charge < -0.3 is 14.9 Å². The molecule has 5 rings (SSSR count). The number of aliphatic hydroxyl groups is 1. The average molecular weight is 497 g/mol. The Bertz CT molecular complexity index is 1370. The van der Waals surface area contributed by atoms with Crippen molar-refractivity contribution in [3.63, 3.8) is 0 Å². The lowest BCUT2D eigenvalue weighted by Crippen LogP contribution is -2.37. The van der Waals surface area contributed by atoms with Crippen molar-refractivity contribution >= 4 is 11.8 Å². The first-order chi connectivity index (χ1) is 17.8. The summed E-state index contributed by atoms with van der Waals surface area (Å²) in [6.45, 7) is 6.23. The molecule has 37 heavy (non-hydrogen) atoms. The Morgan fingerprint density at radius 3 is 2.46 bits per heavy atom. The summed E-state index contributed by atoms with van der Waals surface area (Å²) in [5.41, 5.74) is 3.57. The van der Waals surface area contributed by atoms with Crippen LogP contribution in [-0.2, 0) is 19.5 Å². The number of benzene rings is 2. The molecule has 2 aromatic carbocycles. The molecule has 0 aliphatic carbocycles. The summed E-state index contributed by atoms with van der Waals surface area (Å²) < 4.78 is 1.95. The van der Waals surface area contributed by atoms with E-state index >= 15 is 0 Å². The lowest BCUT2D eigenvalue weighted by atomic mass is 10.0. The summed E-state index contributed by atoms with van der Waals surface area (Å²) in [7, 11) is 0. The molecule has 1 saturated heterocycles. The number of fused-ring (bicyclic) bond motifs is 1.